The molecule has 0 aliphatic carbocycles. The van der Waals surface area contributed by atoms with Gasteiger partial charge in [0.1, 0.15) is 46.0 Å². The smallest absolute Gasteiger partial charge is 0.127 e. The number of benzene rings is 12. The molecule has 0 amide bonds. The second-order valence-corrected chi connectivity index (χ2v) is 25.4. The lowest BCUT2D eigenvalue weighted by atomic mass is 9.98. The Kier molecular flexibility index (Phi) is 27.2. The quantitative estimate of drug-likeness (QED) is 0.129. The first kappa shape index (κ1) is 72.3. The fourth-order valence-corrected chi connectivity index (χ4v) is 9.69. The van der Waals surface area contributed by atoms with Crippen molar-refractivity contribution in [1.82, 2.24) is 0 Å². The largest absolute Gasteiger partial charge is 0.457 e. The van der Waals surface area contributed by atoms with E-state index in [1.165, 1.54) is 122 Å². The van der Waals surface area contributed by atoms with Crippen LogP contribution < -0.4 is 18.9 Å². The molecule has 0 bridgehead atoms. The Hall–Kier alpha value is -10.2. The number of rotatable bonds is 11. The van der Waals surface area contributed by atoms with E-state index in [1.54, 1.807) is 0 Å². The first-order chi connectivity index (χ1) is 45.4. The van der Waals surface area contributed by atoms with Crippen LogP contribution in [0.25, 0.3) is 11.1 Å². The molecule has 0 N–H and O–H groups in total. The van der Waals surface area contributed by atoms with Crippen molar-refractivity contribution in [3.63, 3.8) is 0 Å². The highest BCUT2D eigenvalue weighted by Gasteiger charge is 2.06. The van der Waals surface area contributed by atoms with E-state index in [0.717, 1.165) is 52.4 Å². The fraction of sp³-hybridized carbons (Fsp3) is 0.209. The molecule has 0 heterocycles. The number of hydrogen-bond donors (Lipinski definition) is 0. The summed E-state index contributed by atoms with van der Waals surface area (Å²) in [5.74, 6) is 6.96. The third-order valence-electron chi connectivity index (χ3n) is 16.9. The lowest BCUT2D eigenvalue weighted by molar-refractivity contribution is 0.481. The van der Waals surface area contributed by atoms with E-state index in [0.29, 0.717) is 0 Å². The van der Waals surface area contributed by atoms with Crippen LogP contribution in [0.15, 0.2) is 255 Å². The Morgan fingerprint density at radius 2 is 0.337 bits per heavy atom. The van der Waals surface area contributed by atoms with Gasteiger partial charge in [0.25, 0.3) is 0 Å². The van der Waals surface area contributed by atoms with Crippen LogP contribution in [-0.4, -0.2) is 0 Å². The van der Waals surface area contributed by atoms with Gasteiger partial charge >= 0.3 is 0 Å². The van der Waals surface area contributed by atoms with Crippen molar-refractivity contribution in [2.75, 3.05) is 0 Å². The molecular formula is C91H98O4. The lowest BCUT2D eigenvalue weighted by Crippen LogP contribution is -1.90. The van der Waals surface area contributed by atoms with Crippen LogP contribution in [0.5, 0.6) is 46.0 Å². The molecule has 0 aromatic heterocycles. The maximum absolute atomic E-state index is 5.90. The van der Waals surface area contributed by atoms with Crippen molar-refractivity contribution in [3.05, 3.63) is 366 Å². The number of hydrogen-bond acceptors (Lipinski definition) is 4. The first-order valence-electron chi connectivity index (χ1n) is 32.9. The van der Waals surface area contributed by atoms with Gasteiger partial charge in [0.05, 0.1) is 0 Å². The van der Waals surface area contributed by atoms with Crippen LogP contribution in [0.4, 0.5) is 0 Å². The topological polar surface area (TPSA) is 36.9 Å². The summed E-state index contributed by atoms with van der Waals surface area (Å²) in [5, 5.41) is 0. The van der Waals surface area contributed by atoms with Gasteiger partial charge in [-0.3, -0.25) is 0 Å². The Morgan fingerprint density at radius 1 is 0.158 bits per heavy atom. The highest BCUT2D eigenvalue weighted by molar-refractivity contribution is 5.66. The summed E-state index contributed by atoms with van der Waals surface area (Å²) in [4.78, 5) is 0. The molecule has 0 saturated carbocycles. The fourth-order valence-electron chi connectivity index (χ4n) is 9.69. The van der Waals surface area contributed by atoms with Gasteiger partial charge in [0.15, 0.2) is 0 Å². The second kappa shape index (κ2) is 35.8. The summed E-state index contributed by atoms with van der Waals surface area (Å²) in [7, 11) is 0. The third kappa shape index (κ3) is 24.4. The Morgan fingerprint density at radius 3 is 0.568 bits per heavy atom. The monoisotopic (exact) mass is 1250 g/mol. The molecule has 0 spiro atoms. The van der Waals surface area contributed by atoms with Gasteiger partial charge in [0.2, 0.25) is 0 Å². The van der Waals surface area contributed by atoms with E-state index < -0.39 is 0 Å². The zero-order valence-corrected chi connectivity index (χ0v) is 59.6. The number of ether oxygens (including phenoxy) is 4. The van der Waals surface area contributed by atoms with Crippen molar-refractivity contribution in [3.8, 4) is 57.1 Å². The second-order valence-electron chi connectivity index (χ2n) is 25.4. The molecule has 0 aliphatic heterocycles. The van der Waals surface area contributed by atoms with Gasteiger partial charge in [-0.15, -0.1) is 0 Å². The zero-order valence-electron chi connectivity index (χ0n) is 59.6. The van der Waals surface area contributed by atoms with Crippen molar-refractivity contribution in [2.45, 2.75) is 131 Å². The van der Waals surface area contributed by atoms with E-state index in [4.69, 9.17) is 18.9 Å². The molecule has 12 aromatic carbocycles. The molecular weight excluding hydrogens is 1160 g/mol. The summed E-state index contributed by atoms with van der Waals surface area (Å²) < 4.78 is 23.3. The SMILES string of the molecule is Cc1cc(C)c(C)cc1C.Cc1ccc(-c2ccc(C)c(C)c2)cc1C.Cc1ccc(C)cc1.Cc1ccc(Oc2ccc(C)c(C)c2)cc1C.Cc1ccc(Oc2ccc(C)cc2)cc1.Cc1ccc(Oc2ccc(Cc3ccc(Oc4ccc(C)cc4)cc3)cc2)cc1. The van der Waals surface area contributed by atoms with Gasteiger partial charge in [-0.1, -0.05) is 191 Å². The summed E-state index contributed by atoms with van der Waals surface area (Å²) in [6.07, 6.45) is 0.871. The van der Waals surface area contributed by atoms with E-state index in [2.05, 4.69) is 270 Å². The Balaban J connectivity index is 0.000000169. The molecule has 4 heteroatoms. The molecule has 12 aromatic rings. The molecule has 95 heavy (non-hydrogen) atoms. The standard InChI is InChI=1S/C27H24O2.C16H18O.C16H18.C14H14O.C10H14.C8H10/c1-20-3-11-24(12-4-20)28-26-15-7-22(8-16-26)19-23-9-17-27(18-10-23)29-25-13-5-21(2)6-14-25;1-11-5-7-15(9-13(11)3)17-16-8-6-12(2)14(4)10-16;1-11-5-7-15(9-13(11)3)16-8-6-12(2)14(4)10-16;1-11-3-7-13(8-4-11)15-14-9-5-12(2)6-10-14;1-7-5-9(3)10(4)6-8(7)2;1-7-3-5-8(2)6-4-7/h3-18H,19H2,1-2H3;5-10H,1-4H3;5-10H,1-4H3;3-10H,1-2H3;5-6H,1-4H3;3-6H,1-2H3. The molecule has 486 valence electrons. The average molecular weight is 1260 g/mol. The van der Waals surface area contributed by atoms with Crippen molar-refractivity contribution < 1.29 is 18.9 Å². The van der Waals surface area contributed by atoms with Crippen LogP contribution >= 0.6 is 0 Å². The predicted octanol–water partition coefficient (Wildman–Crippen LogP) is 26.1. The summed E-state index contributed by atoms with van der Waals surface area (Å²) in [6.45, 7) is 38.1. The normalized spacial score (nSPS) is 10.3. The summed E-state index contributed by atoms with van der Waals surface area (Å²) in [5.41, 5.74) is 28.8. The molecule has 0 radical (unpaired) electrons. The van der Waals surface area contributed by atoms with E-state index >= 15 is 0 Å². The average Bonchev–Trinajstić information content (AvgIpc) is 1.03. The molecule has 0 atom stereocenters. The van der Waals surface area contributed by atoms with E-state index in [1.807, 2.05) is 109 Å². The van der Waals surface area contributed by atoms with Gasteiger partial charge in [-0.05, 0) is 317 Å². The van der Waals surface area contributed by atoms with Gasteiger partial charge in [-0.25, -0.2) is 0 Å². The maximum atomic E-state index is 5.90. The third-order valence-corrected chi connectivity index (χ3v) is 16.9. The minimum Gasteiger partial charge on any atom is -0.457 e. The van der Waals surface area contributed by atoms with Crippen LogP contribution in [0.2, 0.25) is 0 Å². The number of aryl methyl sites for hydroxylation is 18. The minimum atomic E-state index is 0.847. The van der Waals surface area contributed by atoms with Crippen LogP contribution in [0.1, 0.15) is 111 Å². The van der Waals surface area contributed by atoms with Crippen molar-refractivity contribution >= 4 is 0 Å². The molecule has 12 rings (SSSR count). The molecule has 0 saturated heterocycles. The Labute approximate surface area is 569 Å². The molecule has 4 nitrogen and oxygen atoms in total. The summed E-state index contributed by atoms with van der Waals surface area (Å²) in [6, 6.07) is 87.4. The van der Waals surface area contributed by atoms with Crippen molar-refractivity contribution in [2.24, 2.45) is 0 Å². The van der Waals surface area contributed by atoms with Gasteiger partial charge < -0.3 is 18.9 Å². The molecule has 0 aliphatic rings. The van der Waals surface area contributed by atoms with Crippen LogP contribution in [-0.2, 0) is 6.42 Å². The Bertz CT molecular complexity index is 4030. The van der Waals surface area contributed by atoms with Crippen LogP contribution in [0.3, 0.4) is 0 Å². The van der Waals surface area contributed by atoms with Gasteiger partial charge in [0, 0.05) is 0 Å². The lowest BCUT2D eigenvalue weighted by Gasteiger charge is -2.09. The minimum absolute atomic E-state index is 0.847. The van der Waals surface area contributed by atoms with Gasteiger partial charge in [-0.2, -0.15) is 0 Å². The van der Waals surface area contributed by atoms with E-state index in [9.17, 15) is 0 Å². The predicted molar refractivity (Wildman–Crippen MR) is 405 cm³/mol. The first-order valence-corrected chi connectivity index (χ1v) is 32.9. The highest BCUT2D eigenvalue weighted by atomic mass is 16.5. The van der Waals surface area contributed by atoms with Crippen LogP contribution in [0, 0.1) is 125 Å². The molecule has 0 fully saturated rings. The maximum Gasteiger partial charge on any atom is 0.127 e. The summed E-state index contributed by atoms with van der Waals surface area (Å²) >= 11 is 0. The zero-order chi connectivity index (χ0) is 68.6. The van der Waals surface area contributed by atoms with E-state index in [-0.39, 0.29) is 0 Å². The molecule has 0 unspecified atom stereocenters. The highest BCUT2D eigenvalue weighted by Crippen LogP contribution is 2.29. The van der Waals surface area contributed by atoms with Crippen molar-refractivity contribution in [1.29, 1.82) is 0 Å².